The standard InChI is InChI=1S/C13H16N2O2S/c1-13(2,3)17-12(16)11-10(14-8-15(11)4)9-6-5-7-18-9/h5-8H,1-4H3. The minimum atomic E-state index is -0.506. The molecule has 0 spiro atoms. The number of aryl methyl sites for hydroxylation is 1. The van der Waals surface area contributed by atoms with Crippen molar-refractivity contribution in [1.82, 2.24) is 9.55 Å². The van der Waals surface area contributed by atoms with E-state index < -0.39 is 5.60 Å². The van der Waals surface area contributed by atoms with E-state index in [0.717, 1.165) is 4.88 Å². The summed E-state index contributed by atoms with van der Waals surface area (Å²) in [4.78, 5) is 17.4. The minimum absolute atomic E-state index is 0.342. The Balaban J connectivity index is 2.39. The summed E-state index contributed by atoms with van der Waals surface area (Å²) in [5, 5.41) is 1.96. The second kappa shape index (κ2) is 4.57. The maximum Gasteiger partial charge on any atom is 0.357 e. The van der Waals surface area contributed by atoms with Crippen LogP contribution in [0, 0.1) is 0 Å². The van der Waals surface area contributed by atoms with Gasteiger partial charge in [0.25, 0.3) is 0 Å². The van der Waals surface area contributed by atoms with Crippen LogP contribution in [0.15, 0.2) is 23.8 Å². The first-order valence-electron chi connectivity index (χ1n) is 5.67. The molecule has 96 valence electrons. The largest absolute Gasteiger partial charge is 0.455 e. The lowest BCUT2D eigenvalue weighted by atomic mass is 10.2. The number of imidazole rings is 1. The Morgan fingerprint density at radius 3 is 2.72 bits per heavy atom. The van der Waals surface area contributed by atoms with Gasteiger partial charge in [-0.1, -0.05) is 6.07 Å². The molecule has 0 aliphatic heterocycles. The highest BCUT2D eigenvalue weighted by molar-refractivity contribution is 7.13. The van der Waals surface area contributed by atoms with Crippen LogP contribution in [-0.4, -0.2) is 21.1 Å². The first-order valence-corrected chi connectivity index (χ1v) is 6.55. The Hall–Kier alpha value is -1.62. The molecule has 18 heavy (non-hydrogen) atoms. The molecular formula is C13H16N2O2S. The highest BCUT2D eigenvalue weighted by Gasteiger charge is 2.24. The van der Waals surface area contributed by atoms with Gasteiger partial charge in [0, 0.05) is 7.05 Å². The molecule has 0 amide bonds. The minimum Gasteiger partial charge on any atom is -0.455 e. The lowest BCUT2D eigenvalue weighted by molar-refractivity contribution is 0.00600. The fourth-order valence-electron chi connectivity index (χ4n) is 1.59. The monoisotopic (exact) mass is 264 g/mol. The van der Waals surface area contributed by atoms with Crippen molar-refractivity contribution in [3.8, 4) is 10.6 Å². The van der Waals surface area contributed by atoms with E-state index in [1.807, 2.05) is 38.3 Å². The van der Waals surface area contributed by atoms with Crippen molar-refractivity contribution in [2.24, 2.45) is 7.05 Å². The number of aromatic nitrogens is 2. The first-order chi connectivity index (χ1) is 8.38. The number of thiophene rings is 1. The van der Waals surface area contributed by atoms with E-state index in [9.17, 15) is 4.79 Å². The van der Waals surface area contributed by atoms with E-state index in [-0.39, 0.29) is 5.97 Å². The van der Waals surface area contributed by atoms with Gasteiger partial charge in [0.05, 0.1) is 11.2 Å². The molecule has 4 nitrogen and oxygen atoms in total. The van der Waals surface area contributed by atoms with Gasteiger partial charge in [0.15, 0.2) is 5.69 Å². The molecule has 0 aliphatic rings. The van der Waals surface area contributed by atoms with E-state index in [4.69, 9.17) is 4.74 Å². The van der Waals surface area contributed by atoms with Crippen molar-refractivity contribution in [1.29, 1.82) is 0 Å². The molecule has 0 saturated carbocycles. The van der Waals surface area contributed by atoms with Crippen LogP contribution in [0.4, 0.5) is 0 Å². The van der Waals surface area contributed by atoms with Gasteiger partial charge in [0.1, 0.15) is 11.3 Å². The smallest absolute Gasteiger partial charge is 0.357 e. The van der Waals surface area contributed by atoms with Crippen LogP contribution in [0.3, 0.4) is 0 Å². The molecule has 0 fully saturated rings. The fourth-order valence-corrected chi connectivity index (χ4v) is 2.31. The molecule has 0 N–H and O–H groups in total. The van der Waals surface area contributed by atoms with Gasteiger partial charge in [0.2, 0.25) is 0 Å². The number of nitrogens with zero attached hydrogens (tertiary/aromatic N) is 2. The third kappa shape index (κ3) is 2.61. The van der Waals surface area contributed by atoms with Crippen LogP contribution in [0.25, 0.3) is 10.6 Å². The van der Waals surface area contributed by atoms with Gasteiger partial charge < -0.3 is 9.30 Å². The average Bonchev–Trinajstić information content (AvgIpc) is 2.82. The zero-order valence-corrected chi connectivity index (χ0v) is 11.7. The van der Waals surface area contributed by atoms with Gasteiger partial charge in [-0.15, -0.1) is 11.3 Å². The lowest BCUT2D eigenvalue weighted by Gasteiger charge is -2.19. The molecule has 2 aromatic rings. The second-order valence-electron chi connectivity index (χ2n) is 5.03. The zero-order chi connectivity index (χ0) is 13.3. The lowest BCUT2D eigenvalue weighted by Crippen LogP contribution is -2.25. The molecule has 2 aromatic heterocycles. The molecule has 0 atom stereocenters. The van der Waals surface area contributed by atoms with E-state index >= 15 is 0 Å². The maximum atomic E-state index is 12.2. The van der Waals surface area contributed by atoms with Crippen LogP contribution in [-0.2, 0) is 11.8 Å². The van der Waals surface area contributed by atoms with Gasteiger partial charge in [-0.3, -0.25) is 0 Å². The number of rotatable bonds is 2. The van der Waals surface area contributed by atoms with Crippen LogP contribution >= 0.6 is 11.3 Å². The van der Waals surface area contributed by atoms with Gasteiger partial charge in [-0.05, 0) is 32.2 Å². The molecule has 0 saturated heterocycles. The van der Waals surface area contributed by atoms with Gasteiger partial charge in [-0.25, -0.2) is 9.78 Å². The van der Waals surface area contributed by atoms with Crippen LogP contribution in [0.2, 0.25) is 0 Å². The first kappa shape index (κ1) is 12.8. The van der Waals surface area contributed by atoms with E-state index in [2.05, 4.69) is 4.98 Å². The van der Waals surface area contributed by atoms with Crippen LogP contribution in [0.5, 0.6) is 0 Å². The van der Waals surface area contributed by atoms with Crippen molar-refractivity contribution in [2.45, 2.75) is 26.4 Å². The van der Waals surface area contributed by atoms with Crippen molar-refractivity contribution >= 4 is 17.3 Å². The summed E-state index contributed by atoms with van der Waals surface area (Å²) in [6.45, 7) is 5.56. The van der Waals surface area contributed by atoms with Gasteiger partial charge >= 0.3 is 5.97 Å². The Kier molecular flexibility index (Phi) is 3.26. The number of esters is 1. The predicted molar refractivity (Wildman–Crippen MR) is 71.7 cm³/mol. The summed E-state index contributed by atoms with van der Waals surface area (Å²) in [6, 6.07) is 3.88. The normalized spacial score (nSPS) is 11.6. The highest BCUT2D eigenvalue weighted by atomic mass is 32.1. The molecular weight excluding hydrogens is 248 g/mol. The van der Waals surface area contributed by atoms with Crippen molar-refractivity contribution < 1.29 is 9.53 Å². The maximum absolute atomic E-state index is 12.2. The number of carbonyl (C=O) groups is 1. The number of carbonyl (C=O) groups excluding carboxylic acids is 1. The number of hydrogen-bond acceptors (Lipinski definition) is 4. The summed E-state index contributed by atoms with van der Waals surface area (Å²) in [7, 11) is 1.80. The van der Waals surface area contributed by atoms with E-state index in [0.29, 0.717) is 11.4 Å². The molecule has 0 aromatic carbocycles. The summed E-state index contributed by atoms with van der Waals surface area (Å²) >= 11 is 1.56. The number of ether oxygens (including phenoxy) is 1. The average molecular weight is 264 g/mol. The molecule has 0 radical (unpaired) electrons. The third-order valence-electron chi connectivity index (χ3n) is 2.28. The van der Waals surface area contributed by atoms with Gasteiger partial charge in [-0.2, -0.15) is 0 Å². The van der Waals surface area contributed by atoms with Crippen molar-refractivity contribution in [3.63, 3.8) is 0 Å². The summed E-state index contributed by atoms with van der Waals surface area (Å²) < 4.78 is 7.10. The van der Waals surface area contributed by atoms with Crippen molar-refractivity contribution in [2.75, 3.05) is 0 Å². The summed E-state index contributed by atoms with van der Waals surface area (Å²) in [6.07, 6.45) is 1.63. The molecule has 2 heterocycles. The molecule has 5 heteroatoms. The Morgan fingerprint density at radius 1 is 1.44 bits per heavy atom. The fraction of sp³-hybridized carbons (Fsp3) is 0.385. The Morgan fingerprint density at radius 2 is 2.17 bits per heavy atom. The predicted octanol–water partition coefficient (Wildman–Crippen LogP) is 3.10. The summed E-state index contributed by atoms with van der Waals surface area (Å²) in [5.41, 5.74) is 0.669. The molecule has 0 unspecified atom stereocenters. The van der Waals surface area contributed by atoms with Crippen LogP contribution < -0.4 is 0 Å². The zero-order valence-electron chi connectivity index (χ0n) is 10.9. The van der Waals surface area contributed by atoms with Crippen molar-refractivity contribution in [3.05, 3.63) is 29.5 Å². The second-order valence-corrected chi connectivity index (χ2v) is 5.98. The molecule has 0 aliphatic carbocycles. The SMILES string of the molecule is Cn1cnc(-c2cccs2)c1C(=O)OC(C)(C)C. The molecule has 2 rings (SSSR count). The Bertz CT molecular complexity index is 550. The van der Waals surface area contributed by atoms with E-state index in [1.165, 1.54) is 0 Å². The van der Waals surface area contributed by atoms with E-state index in [1.54, 1.807) is 29.3 Å². The highest BCUT2D eigenvalue weighted by Crippen LogP contribution is 2.27. The molecule has 0 bridgehead atoms. The summed E-state index contributed by atoms with van der Waals surface area (Å²) in [5.74, 6) is -0.342. The third-order valence-corrected chi connectivity index (χ3v) is 3.16. The number of hydrogen-bond donors (Lipinski definition) is 0. The van der Waals surface area contributed by atoms with Crippen LogP contribution in [0.1, 0.15) is 31.3 Å². The quantitative estimate of drug-likeness (QED) is 0.783. The Labute approximate surface area is 110 Å². The topological polar surface area (TPSA) is 44.1 Å².